The molecule has 9 heteroatoms. The van der Waals surface area contributed by atoms with Crippen LogP contribution >= 0.6 is 11.6 Å². The molecule has 0 aliphatic rings. The Morgan fingerprint density at radius 2 is 1.57 bits per heavy atom. The fourth-order valence-corrected chi connectivity index (χ4v) is 4.18. The largest absolute Gasteiger partial charge is 0.334 e. The number of anilines is 1. The fourth-order valence-electron chi connectivity index (χ4n) is 2.56. The molecule has 0 aliphatic carbocycles. The van der Waals surface area contributed by atoms with Crippen LogP contribution in [-0.2, 0) is 27.9 Å². The summed E-state index contributed by atoms with van der Waals surface area (Å²) in [4.78, 5) is 11.9. The topological polar surface area (TPSA) is 104 Å². The zero-order valence-electron chi connectivity index (χ0n) is 14.9. The molecular formula is C19H19ClN4O3S. The SMILES string of the molecule is O=C(NCc1cn[nH]c1)Nc1ccc(CS(=O)(=O)Cc2ccc(Cl)cc2)cc1. The molecule has 0 spiro atoms. The monoisotopic (exact) mass is 418 g/mol. The van der Waals surface area contributed by atoms with Crippen LogP contribution in [0.2, 0.25) is 5.02 Å². The predicted octanol–water partition coefficient (Wildman–Crippen LogP) is 3.50. The number of hydrogen-bond acceptors (Lipinski definition) is 4. The second-order valence-corrected chi connectivity index (χ2v) is 8.77. The summed E-state index contributed by atoms with van der Waals surface area (Å²) in [6.07, 6.45) is 3.32. The summed E-state index contributed by atoms with van der Waals surface area (Å²) in [7, 11) is -3.32. The zero-order valence-corrected chi connectivity index (χ0v) is 16.4. The maximum absolute atomic E-state index is 12.4. The number of carbonyl (C=O) groups is 1. The molecule has 7 nitrogen and oxygen atoms in total. The van der Waals surface area contributed by atoms with E-state index in [0.717, 1.165) is 5.56 Å². The minimum atomic E-state index is -3.32. The fraction of sp³-hybridized carbons (Fsp3) is 0.158. The maximum Gasteiger partial charge on any atom is 0.319 e. The molecule has 0 unspecified atom stereocenters. The summed E-state index contributed by atoms with van der Waals surface area (Å²) in [6.45, 7) is 0.351. The average Bonchev–Trinajstić information content (AvgIpc) is 3.17. The first-order valence-electron chi connectivity index (χ1n) is 8.46. The van der Waals surface area contributed by atoms with Crippen LogP contribution in [0.4, 0.5) is 10.5 Å². The van der Waals surface area contributed by atoms with Crippen LogP contribution in [0, 0.1) is 0 Å². The van der Waals surface area contributed by atoms with Gasteiger partial charge < -0.3 is 10.6 Å². The number of urea groups is 1. The molecule has 0 bridgehead atoms. The summed E-state index contributed by atoms with van der Waals surface area (Å²) >= 11 is 5.82. The summed E-state index contributed by atoms with van der Waals surface area (Å²) in [5, 5.41) is 12.4. The van der Waals surface area contributed by atoms with Gasteiger partial charge in [-0.1, -0.05) is 35.9 Å². The van der Waals surface area contributed by atoms with Crippen molar-refractivity contribution in [2.45, 2.75) is 18.1 Å². The minimum absolute atomic E-state index is 0.0550. The number of nitrogens with zero attached hydrogens (tertiary/aromatic N) is 1. The van der Waals surface area contributed by atoms with Gasteiger partial charge in [-0.05, 0) is 35.4 Å². The molecule has 2 aromatic carbocycles. The van der Waals surface area contributed by atoms with Crippen LogP contribution in [-0.4, -0.2) is 24.6 Å². The standard InChI is InChI=1S/C19H19ClN4O3S/c20-17-5-1-14(2-6-17)12-28(26,27)13-15-3-7-18(8-4-15)24-19(25)21-9-16-10-22-23-11-16/h1-8,10-11H,9,12-13H2,(H,22,23)(H2,21,24,25). The molecule has 1 aromatic heterocycles. The molecule has 0 atom stereocenters. The number of halogens is 1. The molecule has 0 saturated carbocycles. The highest BCUT2D eigenvalue weighted by Crippen LogP contribution is 2.17. The number of rotatable bonds is 7. The molecule has 1 heterocycles. The lowest BCUT2D eigenvalue weighted by atomic mass is 10.2. The van der Waals surface area contributed by atoms with Crippen molar-refractivity contribution in [1.82, 2.24) is 15.5 Å². The van der Waals surface area contributed by atoms with Gasteiger partial charge in [0, 0.05) is 29.0 Å². The Balaban J connectivity index is 1.53. The van der Waals surface area contributed by atoms with Crippen LogP contribution in [0.15, 0.2) is 60.9 Å². The van der Waals surface area contributed by atoms with Crippen molar-refractivity contribution >= 4 is 33.2 Å². The normalized spacial score (nSPS) is 11.2. The van der Waals surface area contributed by atoms with E-state index < -0.39 is 9.84 Å². The molecule has 0 fully saturated rings. The van der Waals surface area contributed by atoms with Crippen LogP contribution in [0.3, 0.4) is 0 Å². The zero-order chi connectivity index (χ0) is 20.0. The maximum atomic E-state index is 12.4. The number of aromatic nitrogens is 2. The highest BCUT2D eigenvalue weighted by atomic mass is 35.5. The lowest BCUT2D eigenvalue weighted by Gasteiger charge is -2.08. The first-order valence-corrected chi connectivity index (χ1v) is 10.7. The molecule has 0 radical (unpaired) electrons. The van der Waals surface area contributed by atoms with Gasteiger partial charge in [-0.3, -0.25) is 5.10 Å². The Bertz CT molecular complexity index is 1020. The highest BCUT2D eigenvalue weighted by molar-refractivity contribution is 7.89. The lowest BCUT2D eigenvalue weighted by molar-refractivity contribution is 0.251. The van der Waals surface area contributed by atoms with Crippen molar-refractivity contribution < 1.29 is 13.2 Å². The first kappa shape index (κ1) is 19.9. The molecule has 3 aromatic rings. The van der Waals surface area contributed by atoms with Crippen LogP contribution < -0.4 is 10.6 Å². The lowest BCUT2D eigenvalue weighted by Crippen LogP contribution is -2.28. The van der Waals surface area contributed by atoms with Crippen molar-refractivity contribution in [3.05, 3.63) is 82.6 Å². The Morgan fingerprint density at radius 1 is 0.964 bits per heavy atom. The molecule has 2 amide bonds. The number of nitrogens with one attached hydrogen (secondary N) is 3. The Morgan fingerprint density at radius 3 is 2.14 bits per heavy atom. The number of carbonyl (C=O) groups excluding carboxylic acids is 1. The van der Waals surface area contributed by atoms with E-state index >= 15 is 0 Å². The minimum Gasteiger partial charge on any atom is -0.334 e. The Hall–Kier alpha value is -2.84. The Kier molecular flexibility index (Phi) is 6.33. The molecular weight excluding hydrogens is 400 g/mol. The van der Waals surface area contributed by atoms with E-state index in [2.05, 4.69) is 20.8 Å². The molecule has 0 saturated heterocycles. The second-order valence-electron chi connectivity index (χ2n) is 6.27. The number of aromatic amines is 1. The van der Waals surface area contributed by atoms with E-state index in [1.165, 1.54) is 0 Å². The van der Waals surface area contributed by atoms with Crippen molar-refractivity contribution in [1.29, 1.82) is 0 Å². The van der Waals surface area contributed by atoms with Crippen LogP contribution in [0.25, 0.3) is 0 Å². The van der Waals surface area contributed by atoms with Crippen molar-refractivity contribution in [2.75, 3.05) is 5.32 Å². The highest BCUT2D eigenvalue weighted by Gasteiger charge is 2.13. The summed E-state index contributed by atoms with van der Waals surface area (Å²) < 4.78 is 24.8. The number of amides is 2. The third-order valence-electron chi connectivity index (χ3n) is 3.91. The summed E-state index contributed by atoms with van der Waals surface area (Å²) in [5.74, 6) is -0.136. The smallest absolute Gasteiger partial charge is 0.319 e. The van der Waals surface area contributed by atoms with Crippen LogP contribution in [0.5, 0.6) is 0 Å². The van der Waals surface area contributed by atoms with Gasteiger partial charge in [0.25, 0.3) is 0 Å². The molecule has 146 valence electrons. The average molecular weight is 419 g/mol. The van der Waals surface area contributed by atoms with Crippen molar-refractivity contribution in [3.8, 4) is 0 Å². The number of sulfone groups is 1. The van der Waals surface area contributed by atoms with Crippen molar-refractivity contribution in [3.63, 3.8) is 0 Å². The van der Waals surface area contributed by atoms with Gasteiger partial charge in [0.2, 0.25) is 0 Å². The van der Waals surface area contributed by atoms with E-state index in [0.29, 0.717) is 28.4 Å². The summed E-state index contributed by atoms with van der Waals surface area (Å²) in [5.41, 5.74) is 2.77. The van der Waals surface area contributed by atoms with Gasteiger partial charge in [0.15, 0.2) is 9.84 Å². The predicted molar refractivity (Wildman–Crippen MR) is 109 cm³/mol. The van der Waals surface area contributed by atoms with E-state index in [4.69, 9.17) is 11.6 Å². The second kappa shape index (κ2) is 8.90. The van der Waals surface area contributed by atoms with Gasteiger partial charge in [-0.15, -0.1) is 0 Å². The first-order chi connectivity index (χ1) is 13.4. The summed E-state index contributed by atoms with van der Waals surface area (Å²) in [6, 6.07) is 13.1. The van der Waals surface area contributed by atoms with Crippen LogP contribution in [0.1, 0.15) is 16.7 Å². The quantitative estimate of drug-likeness (QED) is 0.546. The van der Waals surface area contributed by atoms with E-state index in [1.54, 1.807) is 60.9 Å². The Labute approximate surface area is 168 Å². The molecule has 3 rings (SSSR count). The molecule has 0 aliphatic heterocycles. The number of hydrogen-bond donors (Lipinski definition) is 3. The molecule has 3 N–H and O–H groups in total. The van der Waals surface area contributed by atoms with Gasteiger partial charge in [-0.25, -0.2) is 13.2 Å². The van der Waals surface area contributed by atoms with E-state index in [1.807, 2.05) is 0 Å². The van der Waals surface area contributed by atoms with E-state index in [-0.39, 0.29) is 17.5 Å². The van der Waals surface area contributed by atoms with Gasteiger partial charge in [0.05, 0.1) is 17.7 Å². The third-order valence-corrected chi connectivity index (χ3v) is 5.70. The number of benzene rings is 2. The van der Waals surface area contributed by atoms with Gasteiger partial charge in [0.1, 0.15) is 0 Å². The van der Waals surface area contributed by atoms with E-state index in [9.17, 15) is 13.2 Å². The third kappa shape index (κ3) is 6.11. The van der Waals surface area contributed by atoms with Gasteiger partial charge >= 0.3 is 6.03 Å². The number of H-pyrrole nitrogens is 1. The van der Waals surface area contributed by atoms with Crippen molar-refractivity contribution in [2.24, 2.45) is 0 Å². The molecule has 28 heavy (non-hydrogen) atoms. The van der Waals surface area contributed by atoms with Gasteiger partial charge in [-0.2, -0.15) is 5.10 Å².